The summed E-state index contributed by atoms with van der Waals surface area (Å²) in [6, 6.07) is -0.470. The molecule has 1 aliphatic rings. The van der Waals surface area contributed by atoms with Gasteiger partial charge in [-0.1, -0.05) is 13.3 Å². The monoisotopic (exact) mass is 234 g/mol. The van der Waals surface area contributed by atoms with Crippen LogP contribution in [0.1, 0.15) is 26.2 Å². The van der Waals surface area contributed by atoms with E-state index >= 15 is 0 Å². The second-order valence-corrected chi connectivity index (χ2v) is 6.08. The highest BCUT2D eigenvalue weighted by Gasteiger charge is 2.28. The Morgan fingerprint density at radius 2 is 2.20 bits per heavy atom. The maximum absolute atomic E-state index is 11.3. The topological polar surface area (TPSA) is 75.3 Å². The van der Waals surface area contributed by atoms with Crippen molar-refractivity contribution < 1.29 is 13.2 Å². The van der Waals surface area contributed by atoms with Gasteiger partial charge in [0.2, 0.25) is 0 Å². The Labute approximate surface area is 90.5 Å². The number of hydrogen-bond acceptors (Lipinski definition) is 3. The normalized spacial score (nSPS) is 23.7. The van der Waals surface area contributed by atoms with Crippen LogP contribution >= 0.6 is 0 Å². The van der Waals surface area contributed by atoms with Crippen LogP contribution in [0.2, 0.25) is 0 Å². The lowest BCUT2D eigenvalue weighted by atomic mass is 10.3. The van der Waals surface area contributed by atoms with Crippen molar-refractivity contribution in [3.63, 3.8) is 0 Å². The second kappa shape index (κ2) is 5.34. The van der Waals surface area contributed by atoms with E-state index in [1.807, 2.05) is 6.92 Å². The van der Waals surface area contributed by atoms with Gasteiger partial charge in [-0.25, -0.2) is 13.2 Å². The van der Waals surface area contributed by atoms with Crippen LogP contribution in [0.3, 0.4) is 0 Å². The van der Waals surface area contributed by atoms with E-state index in [1.165, 1.54) is 0 Å². The summed E-state index contributed by atoms with van der Waals surface area (Å²) in [4.78, 5) is 11.3. The molecule has 1 fully saturated rings. The number of hydrogen-bond donors (Lipinski definition) is 2. The van der Waals surface area contributed by atoms with Gasteiger partial charge in [0, 0.05) is 12.6 Å². The van der Waals surface area contributed by atoms with E-state index in [0.29, 0.717) is 13.0 Å². The van der Waals surface area contributed by atoms with Crippen LogP contribution < -0.4 is 10.6 Å². The van der Waals surface area contributed by atoms with Gasteiger partial charge >= 0.3 is 6.03 Å². The van der Waals surface area contributed by atoms with E-state index in [9.17, 15) is 13.2 Å². The Morgan fingerprint density at radius 1 is 1.47 bits per heavy atom. The van der Waals surface area contributed by atoms with Crippen molar-refractivity contribution in [2.24, 2.45) is 0 Å². The number of sulfone groups is 1. The standard InChI is InChI=1S/C9H18N2O3S/c1-2-3-5-10-9(12)11-8-4-6-15(13,14)7-8/h8H,2-7H2,1H3,(H2,10,11,12). The lowest BCUT2D eigenvalue weighted by molar-refractivity contribution is 0.238. The van der Waals surface area contributed by atoms with E-state index in [2.05, 4.69) is 10.6 Å². The molecule has 6 heteroatoms. The molecule has 1 rings (SSSR count). The van der Waals surface area contributed by atoms with E-state index in [1.54, 1.807) is 0 Å². The Balaban J connectivity index is 2.22. The van der Waals surface area contributed by atoms with Crippen LogP contribution in [0.15, 0.2) is 0 Å². The predicted molar refractivity (Wildman–Crippen MR) is 58.5 cm³/mol. The molecule has 2 N–H and O–H groups in total. The number of amides is 2. The van der Waals surface area contributed by atoms with Gasteiger partial charge in [-0.3, -0.25) is 0 Å². The zero-order valence-corrected chi connectivity index (χ0v) is 9.77. The van der Waals surface area contributed by atoms with Crippen molar-refractivity contribution in [1.82, 2.24) is 10.6 Å². The number of carbonyl (C=O) groups is 1. The largest absolute Gasteiger partial charge is 0.338 e. The molecule has 0 saturated carbocycles. The van der Waals surface area contributed by atoms with Crippen molar-refractivity contribution in [3.05, 3.63) is 0 Å². The minimum atomic E-state index is -2.91. The van der Waals surface area contributed by atoms with E-state index in [4.69, 9.17) is 0 Å². The minimum absolute atomic E-state index is 0.0776. The summed E-state index contributed by atoms with van der Waals surface area (Å²) in [5.41, 5.74) is 0. The average molecular weight is 234 g/mol. The van der Waals surface area contributed by atoms with Crippen LogP contribution in [0.5, 0.6) is 0 Å². The molecule has 88 valence electrons. The third-order valence-electron chi connectivity index (χ3n) is 2.38. The quantitative estimate of drug-likeness (QED) is 0.686. The van der Waals surface area contributed by atoms with E-state index < -0.39 is 9.84 Å². The fourth-order valence-corrected chi connectivity index (χ4v) is 3.20. The minimum Gasteiger partial charge on any atom is -0.338 e. The van der Waals surface area contributed by atoms with E-state index in [-0.39, 0.29) is 23.6 Å². The molecule has 0 spiro atoms. The maximum Gasteiger partial charge on any atom is 0.315 e. The van der Waals surface area contributed by atoms with Gasteiger partial charge in [0.1, 0.15) is 0 Å². The molecule has 5 nitrogen and oxygen atoms in total. The molecule has 1 aliphatic heterocycles. The Kier molecular flexibility index (Phi) is 4.38. The Hall–Kier alpha value is -0.780. The molecule has 0 aliphatic carbocycles. The van der Waals surface area contributed by atoms with Gasteiger partial charge in [-0.15, -0.1) is 0 Å². The summed E-state index contributed by atoms with van der Waals surface area (Å²) in [6.45, 7) is 2.69. The average Bonchev–Trinajstić information content (AvgIpc) is 2.46. The molecular weight excluding hydrogens is 216 g/mol. The van der Waals surface area contributed by atoms with Gasteiger partial charge in [-0.2, -0.15) is 0 Å². The summed E-state index contributed by atoms with van der Waals surface area (Å²) in [7, 11) is -2.91. The number of nitrogens with one attached hydrogen (secondary N) is 2. The molecule has 0 aromatic rings. The third kappa shape index (κ3) is 4.51. The first-order valence-electron chi connectivity index (χ1n) is 5.28. The zero-order valence-electron chi connectivity index (χ0n) is 8.95. The lowest BCUT2D eigenvalue weighted by Gasteiger charge is -2.11. The van der Waals surface area contributed by atoms with Crippen LogP contribution in [0.4, 0.5) is 4.79 Å². The van der Waals surface area contributed by atoms with Crippen molar-refractivity contribution in [1.29, 1.82) is 0 Å². The van der Waals surface area contributed by atoms with Crippen molar-refractivity contribution in [3.8, 4) is 0 Å². The van der Waals surface area contributed by atoms with Crippen molar-refractivity contribution >= 4 is 15.9 Å². The molecule has 0 bridgehead atoms. The molecule has 1 saturated heterocycles. The summed E-state index contributed by atoms with van der Waals surface area (Å²) >= 11 is 0. The van der Waals surface area contributed by atoms with Crippen LogP contribution in [-0.2, 0) is 9.84 Å². The second-order valence-electron chi connectivity index (χ2n) is 3.85. The zero-order chi connectivity index (χ0) is 11.3. The van der Waals surface area contributed by atoms with Gasteiger partial charge < -0.3 is 10.6 Å². The number of carbonyl (C=O) groups excluding carboxylic acids is 1. The van der Waals surface area contributed by atoms with Crippen LogP contribution in [-0.4, -0.2) is 38.5 Å². The number of urea groups is 1. The van der Waals surface area contributed by atoms with E-state index in [0.717, 1.165) is 12.8 Å². The third-order valence-corrected chi connectivity index (χ3v) is 4.15. The van der Waals surface area contributed by atoms with Crippen LogP contribution in [0, 0.1) is 0 Å². The highest BCUT2D eigenvalue weighted by molar-refractivity contribution is 7.91. The molecule has 2 amide bonds. The highest BCUT2D eigenvalue weighted by atomic mass is 32.2. The first kappa shape index (κ1) is 12.3. The Bertz CT molecular complexity index is 313. The van der Waals surface area contributed by atoms with Crippen molar-refractivity contribution in [2.45, 2.75) is 32.2 Å². The van der Waals surface area contributed by atoms with Crippen molar-refractivity contribution in [2.75, 3.05) is 18.1 Å². The van der Waals surface area contributed by atoms with Gasteiger partial charge in [0.25, 0.3) is 0 Å². The molecule has 0 aromatic carbocycles. The van der Waals surface area contributed by atoms with Crippen LogP contribution in [0.25, 0.3) is 0 Å². The molecule has 1 heterocycles. The first-order chi connectivity index (χ1) is 7.03. The van der Waals surface area contributed by atoms with Gasteiger partial charge in [-0.05, 0) is 12.8 Å². The highest BCUT2D eigenvalue weighted by Crippen LogP contribution is 2.10. The number of unbranched alkanes of at least 4 members (excludes halogenated alkanes) is 1. The predicted octanol–water partition coefficient (Wildman–Crippen LogP) is 0.273. The summed E-state index contributed by atoms with van der Waals surface area (Å²) in [5.74, 6) is 0.265. The lowest BCUT2D eigenvalue weighted by Crippen LogP contribution is -2.42. The summed E-state index contributed by atoms with van der Waals surface area (Å²) in [6.07, 6.45) is 2.50. The van der Waals surface area contributed by atoms with Gasteiger partial charge in [0.05, 0.1) is 11.5 Å². The maximum atomic E-state index is 11.3. The first-order valence-corrected chi connectivity index (χ1v) is 7.10. The summed E-state index contributed by atoms with van der Waals surface area (Å²) < 4.78 is 22.2. The molecule has 1 atom stereocenters. The Morgan fingerprint density at radius 3 is 2.73 bits per heavy atom. The fourth-order valence-electron chi connectivity index (χ4n) is 1.52. The smallest absolute Gasteiger partial charge is 0.315 e. The van der Waals surface area contributed by atoms with Gasteiger partial charge in [0.15, 0.2) is 9.84 Å². The molecular formula is C9H18N2O3S. The molecule has 0 aromatic heterocycles. The summed E-state index contributed by atoms with van der Waals surface area (Å²) in [5, 5.41) is 5.36. The molecule has 0 radical (unpaired) electrons. The molecule has 15 heavy (non-hydrogen) atoms. The SMILES string of the molecule is CCCCNC(=O)NC1CCS(=O)(=O)C1. The fraction of sp³-hybridized carbons (Fsp3) is 0.889. The molecule has 1 unspecified atom stereocenters. The number of rotatable bonds is 4.